The molecule has 2 rings (SSSR count). The first-order valence-electron chi connectivity index (χ1n) is 3.53. The summed E-state index contributed by atoms with van der Waals surface area (Å²) in [5.41, 5.74) is 6.78. The Morgan fingerprint density at radius 3 is 2.69 bits per heavy atom. The van der Waals surface area contributed by atoms with Gasteiger partial charge in [-0.1, -0.05) is 23.2 Å². The van der Waals surface area contributed by atoms with E-state index in [1.54, 1.807) is 12.1 Å². The summed E-state index contributed by atoms with van der Waals surface area (Å²) in [6, 6.07) is 3.33. The van der Waals surface area contributed by atoms with Crippen molar-refractivity contribution in [3.8, 4) is 0 Å². The molecule has 13 heavy (non-hydrogen) atoms. The van der Waals surface area contributed by atoms with E-state index in [4.69, 9.17) is 28.9 Å². The van der Waals surface area contributed by atoms with Crippen LogP contribution in [0.2, 0.25) is 10.2 Å². The van der Waals surface area contributed by atoms with E-state index >= 15 is 0 Å². The summed E-state index contributed by atoms with van der Waals surface area (Å²) in [5, 5.41) is 1.57. The van der Waals surface area contributed by atoms with Crippen LogP contribution in [0.1, 0.15) is 0 Å². The molecule has 1 aromatic carbocycles. The average Bonchev–Trinajstić information content (AvgIpc) is 2.09. The van der Waals surface area contributed by atoms with Crippen molar-refractivity contribution in [1.29, 1.82) is 0 Å². The molecule has 0 fully saturated rings. The minimum Gasteiger partial charge on any atom is -0.398 e. The SMILES string of the molecule is Nc1cc2c(Cl)ncnc2cc1Cl. The molecular formula is C8H5Cl2N3. The second kappa shape index (κ2) is 3.01. The van der Waals surface area contributed by atoms with E-state index in [2.05, 4.69) is 9.97 Å². The number of nitrogen functional groups attached to an aromatic ring is 1. The number of rotatable bonds is 0. The van der Waals surface area contributed by atoms with Gasteiger partial charge in [0.15, 0.2) is 0 Å². The van der Waals surface area contributed by atoms with Gasteiger partial charge < -0.3 is 5.73 Å². The first-order chi connectivity index (χ1) is 6.18. The lowest BCUT2D eigenvalue weighted by molar-refractivity contribution is 1.22. The van der Waals surface area contributed by atoms with Crippen LogP contribution in [0.25, 0.3) is 10.9 Å². The number of hydrogen-bond donors (Lipinski definition) is 1. The van der Waals surface area contributed by atoms with E-state index < -0.39 is 0 Å². The summed E-state index contributed by atoms with van der Waals surface area (Å²) in [6.07, 6.45) is 1.39. The van der Waals surface area contributed by atoms with Gasteiger partial charge in [0.2, 0.25) is 0 Å². The van der Waals surface area contributed by atoms with E-state index in [1.807, 2.05) is 0 Å². The summed E-state index contributed by atoms with van der Waals surface area (Å²) in [6.45, 7) is 0. The van der Waals surface area contributed by atoms with Crippen molar-refractivity contribution in [2.75, 3.05) is 5.73 Å². The molecule has 3 nitrogen and oxygen atoms in total. The fourth-order valence-corrected chi connectivity index (χ4v) is 1.42. The molecule has 0 spiro atoms. The Kier molecular flexibility index (Phi) is 1.98. The number of benzene rings is 1. The molecule has 1 aromatic heterocycles. The number of fused-ring (bicyclic) bond motifs is 1. The highest BCUT2D eigenvalue weighted by atomic mass is 35.5. The van der Waals surface area contributed by atoms with Crippen LogP contribution in [-0.2, 0) is 0 Å². The number of anilines is 1. The average molecular weight is 214 g/mol. The van der Waals surface area contributed by atoms with Gasteiger partial charge in [-0.2, -0.15) is 0 Å². The van der Waals surface area contributed by atoms with Gasteiger partial charge in [-0.15, -0.1) is 0 Å². The third kappa shape index (κ3) is 1.41. The predicted octanol–water partition coefficient (Wildman–Crippen LogP) is 2.52. The smallest absolute Gasteiger partial charge is 0.140 e. The molecule has 0 unspecified atom stereocenters. The maximum absolute atomic E-state index is 5.83. The third-order valence-electron chi connectivity index (χ3n) is 1.71. The Morgan fingerprint density at radius 1 is 1.15 bits per heavy atom. The van der Waals surface area contributed by atoms with E-state index in [1.165, 1.54) is 6.33 Å². The highest BCUT2D eigenvalue weighted by Crippen LogP contribution is 2.27. The van der Waals surface area contributed by atoms with Gasteiger partial charge in [0.05, 0.1) is 16.2 Å². The van der Waals surface area contributed by atoms with Crippen molar-refractivity contribution in [2.24, 2.45) is 0 Å². The predicted molar refractivity (Wildman–Crippen MR) is 54.0 cm³/mol. The van der Waals surface area contributed by atoms with Crippen LogP contribution in [-0.4, -0.2) is 9.97 Å². The molecular weight excluding hydrogens is 209 g/mol. The molecule has 0 aliphatic carbocycles. The highest BCUT2D eigenvalue weighted by molar-refractivity contribution is 6.36. The number of nitrogens with zero attached hydrogens (tertiary/aromatic N) is 2. The van der Waals surface area contributed by atoms with E-state index in [0.717, 1.165) is 0 Å². The van der Waals surface area contributed by atoms with Gasteiger partial charge in [-0.25, -0.2) is 9.97 Å². The molecule has 2 N–H and O–H groups in total. The quantitative estimate of drug-likeness (QED) is 0.541. The number of nitrogens with two attached hydrogens (primary N) is 1. The van der Waals surface area contributed by atoms with Crippen LogP contribution in [0.15, 0.2) is 18.5 Å². The van der Waals surface area contributed by atoms with Gasteiger partial charge >= 0.3 is 0 Å². The van der Waals surface area contributed by atoms with Crippen molar-refractivity contribution in [3.05, 3.63) is 28.6 Å². The number of aromatic nitrogens is 2. The lowest BCUT2D eigenvalue weighted by Crippen LogP contribution is -1.89. The molecule has 2 aromatic rings. The fourth-order valence-electron chi connectivity index (χ4n) is 1.06. The molecule has 0 aliphatic rings. The van der Waals surface area contributed by atoms with Crippen molar-refractivity contribution in [2.45, 2.75) is 0 Å². The summed E-state index contributed by atoms with van der Waals surface area (Å²) in [4.78, 5) is 7.84. The first-order valence-corrected chi connectivity index (χ1v) is 4.29. The minimum absolute atomic E-state index is 0.383. The second-order valence-corrected chi connectivity index (χ2v) is 3.32. The lowest BCUT2D eigenvalue weighted by Gasteiger charge is -2.01. The van der Waals surface area contributed by atoms with Crippen LogP contribution in [0, 0.1) is 0 Å². The number of hydrogen-bond acceptors (Lipinski definition) is 3. The number of halogens is 2. The molecule has 66 valence electrons. The molecule has 0 saturated heterocycles. The van der Waals surface area contributed by atoms with Crippen LogP contribution in [0.3, 0.4) is 0 Å². The normalized spacial score (nSPS) is 10.6. The first kappa shape index (κ1) is 8.53. The monoisotopic (exact) mass is 213 g/mol. The summed E-state index contributed by atoms with van der Waals surface area (Å²) in [7, 11) is 0. The van der Waals surface area contributed by atoms with E-state index in [0.29, 0.717) is 26.8 Å². The largest absolute Gasteiger partial charge is 0.398 e. The van der Waals surface area contributed by atoms with Crippen molar-refractivity contribution in [3.63, 3.8) is 0 Å². The standard InChI is InChI=1S/C8H5Cl2N3/c9-5-2-7-4(1-6(5)11)8(10)13-3-12-7/h1-3H,11H2. The zero-order valence-electron chi connectivity index (χ0n) is 6.46. The molecule has 0 aliphatic heterocycles. The maximum Gasteiger partial charge on any atom is 0.140 e. The Morgan fingerprint density at radius 2 is 1.92 bits per heavy atom. The third-order valence-corrected chi connectivity index (χ3v) is 2.33. The molecule has 0 bridgehead atoms. The zero-order chi connectivity index (χ0) is 9.42. The van der Waals surface area contributed by atoms with Crippen LogP contribution < -0.4 is 5.73 Å². The van der Waals surface area contributed by atoms with Gasteiger partial charge in [0.1, 0.15) is 11.5 Å². The van der Waals surface area contributed by atoms with Crippen LogP contribution >= 0.6 is 23.2 Å². The molecule has 1 heterocycles. The van der Waals surface area contributed by atoms with E-state index in [-0.39, 0.29) is 0 Å². The summed E-state index contributed by atoms with van der Waals surface area (Å²) < 4.78 is 0. The summed E-state index contributed by atoms with van der Waals surface area (Å²) in [5.74, 6) is 0. The molecule has 5 heteroatoms. The minimum atomic E-state index is 0.383. The molecule has 0 amide bonds. The molecule has 0 atom stereocenters. The van der Waals surface area contributed by atoms with Gasteiger partial charge in [0, 0.05) is 5.39 Å². The van der Waals surface area contributed by atoms with Gasteiger partial charge in [-0.05, 0) is 12.1 Å². The van der Waals surface area contributed by atoms with E-state index in [9.17, 15) is 0 Å². The van der Waals surface area contributed by atoms with Crippen molar-refractivity contribution < 1.29 is 0 Å². The Hall–Kier alpha value is -1.06. The van der Waals surface area contributed by atoms with Crippen molar-refractivity contribution >= 4 is 39.8 Å². The highest BCUT2D eigenvalue weighted by Gasteiger charge is 2.04. The molecule has 0 saturated carbocycles. The second-order valence-electron chi connectivity index (χ2n) is 2.56. The van der Waals surface area contributed by atoms with Crippen molar-refractivity contribution in [1.82, 2.24) is 9.97 Å². The lowest BCUT2D eigenvalue weighted by atomic mass is 10.2. The van der Waals surface area contributed by atoms with Crippen LogP contribution in [0.4, 0.5) is 5.69 Å². The Labute approximate surface area is 84.5 Å². The fraction of sp³-hybridized carbons (Fsp3) is 0. The van der Waals surface area contributed by atoms with Gasteiger partial charge in [0.25, 0.3) is 0 Å². The maximum atomic E-state index is 5.83. The zero-order valence-corrected chi connectivity index (χ0v) is 7.97. The van der Waals surface area contributed by atoms with Crippen LogP contribution in [0.5, 0.6) is 0 Å². The topological polar surface area (TPSA) is 51.8 Å². The molecule has 0 radical (unpaired) electrons. The Balaban J connectivity index is 2.89. The Bertz CT molecular complexity index is 470. The van der Waals surface area contributed by atoms with Gasteiger partial charge in [-0.3, -0.25) is 0 Å². The summed E-state index contributed by atoms with van der Waals surface area (Å²) >= 11 is 11.6.